The number of ether oxygens (including phenoxy) is 2. The van der Waals surface area contributed by atoms with Crippen molar-refractivity contribution < 1.29 is 23.9 Å². The van der Waals surface area contributed by atoms with Gasteiger partial charge in [-0.2, -0.15) is 5.26 Å². The lowest BCUT2D eigenvalue weighted by Crippen LogP contribution is -2.28. The summed E-state index contributed by atoms with van der Waals surface area (Å²) < 4.78 is 10.4. The van der Waals surface area contributed by atoms with Crippen LogP contribution in [0, 0.1) is 11.3 Å². The first-order valence-electron chi connectivity index (χ1n) is 7.79. The normalized spacial score (nSPS) is 13.5. The molecule has 1 heterocycles. The first kappa shape index (κ1) is 17.2. The van der Waals surface area contributed by atoms with Crippen molar-refractivity contribution in [1.29, 1.82) is 5.26 Å². The summed E-state index contributed by atoms with van der Waals surface area (Å²) in [5, 5.41) is 8.90. The van der Waals surface area contributed by atoms with Crippen LogP contribution < -0.4 is 14.4 Å². The van der Waals surface area contributed by atoms with Gasteiger partial charge in [-0.25, -0.2) is 4.79 Å². The first-order chi connectivity index (χ1) is 12.5. The number of esters is 1. The molecule has 0 unspecified atom stereocenters. The van der Waals surface area contributed by atoms with Gasteiger partial charge < -0.3 is 9.47 Å². The van der Waals surface area contributed by atoms with Crippen LogP contribution in [0.3, 0.4) is 0 Å². The fourth-order valence-electron chi connectivity index (χ4n) is 2.59. The second-order valence-electron chi connectivity index (χ2n) is 5.54. The van der Waals surface area contributed by atoms with E-state index in [0.717, 1.165) is 4.90 Å². The van der Waals surface area contributed by atoms with E-state index in [1.165, 1.54) is 49.6 Å². The number of nitrogens with zero attached hydrogens (tertiary/aromatic N) is 2. The maximum atomic E-state index is 12.3. The van der Waals surface area contributed by atoms with Crippen LogP contribution in [0.5, 0.6) is 11.5 Å². The highest BCUT2D eigenvalue weighted by Crippen LogP contribution is 2.29. The molecule has 0 atom stereocenters. The Morgan fingerprint density at radius 1 is 1.04 bits per heavy atom. The molecule has 0 bridgehead atoms. The van der Waals surface area contributed by atoms with Gasteiger partial charge >= 0.3 is 5.97 Å². The zero-order valence-electron chi connectivity index (χ0n) is 13.9. The number of rotatable bonds is 4. The Bertz CT molecular complexity index is 912. The van der Waals surface area contributed by atoms with Gasteiger partial charge in [0.05, 0.1) is 30.0 Å². The molecule has 0 aromatic heterocycles. The van der Waals surface area contributed by atoms with Crippen LogP contribution in [0.15, 0.2) is 42.5 Å². The molecule has 1 aliphatic heterocycles. The molecule has 2 aromatic carbocycles. The zero-order valence-corrected chi connectivity index (χ0v) is 13.9. The molecule has 7 nitrogen and oxygen atoms in total. The number of imide groups is 1. The van der Waals surface area contributed by atoms with Crippen LogP contribution in [0.1, 0.15) is 28.8 Å². The van der Waals surface area contributed by atoms with E-state index in [4.69, 9.17) is 14.7 Å². The van der Waals surface area contributed by atoms with E-state index in [1.807, 2.05) is 6.07 Å². The molecule has 0 radical (unpaired) electrons. The summed E-state index contributed by atoms with van der Waals surface area (Å²) in [6.07, 6.45) is 0.391. The highest BCUT2D eigenvalue weighted by molar-refractivity contribution is 6.19. The van der Waals surface area contributed by atoms with E-state index in [1.54, 1.807) is 0 Å². The standard InChI is InChI=1S/C19H14N2O5/c1-25-16-10-12(11-20)2-7-15(16)26-19(24)13-3-5-14(6-4-13)21-17(22)8-9-18(21)23/h2-7,10H,8-9H2,1H3. The van der Waals surface area contributed by atoms with Gasteiger partial charge in [0.25, 0.3) is 0 Å². The number of carbonyl (C=O) groups excluding carboxylic acids is 3. The van der Waals surface area contributed by atoms with Gasteiger partial charge in [0.15, 0.2) is 11.5 Å². The number of benzene rings is 2. The van der Waals surface area contributed by atoms with Crippen molar-refractivity contribution in [1.82, 2.24) is 0 Å². The van der Waals surface area contributed by atoms with Gasteiger partial charge in [0.1, 0.15) is 0 Å². The molecule has 2 amide bonds. The number of nitriles is 1. The molecule has 1 fully saturated rings. The van der Waals surface area contributed by atoms with E-state index in [-0.39, 0.29) is 41.7 Å². The van der Waals surface area contributed by atoms with Gasteiger partial charge in [-0.3, -0.25) is 14.5 Å². The average Bonchev–Trinajstić information content (AvgIpc) is 3.00. The molecule has 1 saturated heterocycles. The molecule has 2 aromatic rings. The maximum Gasteiger partial charge on any atom is 0.343 e. The molecule has 0 spiro atoms. The van der Waals surface area contributed by atoms with E-state index in [9.17, 15) is 14.4 Å². The predicted molar refractivity (Wildman–Crippen MR) is 90.8 cm³/mol. The maximum absolute atomic E-state index is 12.3. The number of carbonyl (C=O) groups is 3. The number of anilines is 1. The molecular weight excluding hydrogens is 336 g/mol. The molecule has 3 rings (SSSR count). The Morgan fingerprint density at radius 2 is 1.69 bits per heavy atom. The summed E-state index contributed by atoms with van der Waals surface area (Å²) in [7, 11) is 1.41. The van der Waals surface area contributed by atoms with Gasteiger partial charge in [0.2, 0.25) is 11.8 Å². The third-order valence-corrected chi connectivity index (χ3v) is 3.91. The molecule has 0 N–H and O–H groups in total. The monoisotopic (exact) mass is 350 g/mol. The summed E-state index contributed by atoms with van der Waals surface area (Å²) >= 11 is 0. The van der Waals surface area contributed by atoms with Crippen LogP contribution in [0.25, 0.3) is 0 Å². The minimum Gasteiger partial charge on any atom is -0.493 e. The van der Waals surface area contributed by atoms with Crippen LogP contribution in [-0.4, -0.2) is 24.9 Å². The highest BCUT2D eigenvalue weighted by atomic mass is 16.6. The molecule has 130 valence electrons. The summed E-state index contributed by atoms with van der Waals surface area (Å²) in [5.74, 6) is -0.688. The average molecular weight is 350 g/mol. The zero-order chi connectivity index (χ0) is 18.7. The summed E-state index contributed by atoms with van der Waals surface area (Å²) in [6, 6.07) is 12.4. The van der Waals surface area contributed by atoms with Crippen LogP contribution in [-0.2, 0) is 9.59 Å². The first-order valence-corrected chi connectivity index (χ1v) is 7.79. The van der Waals surface area contributed by atoms with Gasteiger partial charge in [-0.05, 0) is 36.4 Å². The number of amides is 2. The summed E-state index contributed by atoms with van der Waals surface area (Å²) in [6.45, 7) is 0. The molecule has 7 heteroatoms. The SMILES string of the molecule is COc1cc(C#N)ccc1OC(=O)c1ccc(N2C(=O)CCC2=O)cc1. The Labute approximate surface area is 149 Å². The van der Waals surface area contributed by atoms with E-state index >= 15 is 0 Å². The Hall–Kier alpha value is -3.66. The second kappa shape index (κ2) is 7.07. The Balaban J connectivity index is 1.78. The van der Waals surface area contributed by atoms with Gasteiger partial charge in [-0.15, -0.1) is 0 Å². The lowest BCUT2D eigenvalue weighted by Gasteiger charge is -2.14. The van der Waals surface area contributed by atoms with Gasteiger partial charge in [-0.1, -0.05) is 0 Å². The van der Waals surface area contributed by atoms with Crippen molar-refractivity contribution in [2.45, 2.75) is 12.8 Å². The number of methoxy groups -OCH3 is 1. The van der Waals surface area contributed by atoms with Gasteiger partial charge in [0, 0.05) is 18.9 Å². The highest BCUT2D eigenvalue weighted by Gasteiger charge is 2.30. The second-order valence-corrected chi connectivity index (χ2v) is 5.54. The Kier molecular flexibility index (Phi) is 4.67. The smallest absolute Gasteiger partial charge is 0.343 e. The molecule has 1 aliphatic rings. The third-order valence-electron chi connectivity index (χ3n) is 3.91. The van der Waals surface area contributed by atoms with Crippen LogP contribution in [0.4, 0.5) is 5.69 Å². The summed E-state index contributed by atoms with van der Waals surface area (Å²) in [5.41, 5.74) is 1.05. The fourth-order valence-corrected chi connectivity index (χ4v) is 2.59. The molecule has 26 heavy (non-hydrogen) atoms. The van der Waals surface area contributed by atoms with Crippen molar-refractivity contribution in [2.75, 3.05) is 12.0 Å². The minimum absolute atomic E-state index is 0.186. The minimum atomic E-state index is -0.626. The van der Waals surface area contributed by atoms with E-state index < -0.39 is 5.97 Å². The predicted octanol–water partition coefficient (Wildman–Crippen LogP) is 2.44. The quantitative estimate of drug-likeness (QED) is 0.477. The van der Waals surface area contributed by atoms with Crippen molar-refractivity contribution in [3.05, 3.63) is 53.6 Å². The van der Waals surface area contributed by atoms with Crippen molar-refractivity contribution >= 4 is 23.5 Å². The lowest BCUT2D eigenvalue weighted by molar-refractivity contribution is -0.121. The van der Waals surface area contributed by atoms with E-state index in [0.29, 0.717) is 11.3 Å². The fraction of sp³-hybridized carbons (Fsp3) is 0.158. The molecular formula is C19H14N2O5. The van der Waals surface area contributed by atoms with E-state index in [2.05, 4.69) is 0 Å². The van der Waals surface area contributed by atoms with Crippen molar-refractivity contribution in [3.8, 4) is 17.6 Å². The largest absolute Gasteiger partial charge is 0.493 e. The molecule has 0 saturated carbocycles. The Morgan fingerprint density at radius 3 is 2.27 bits per heavy atom. The number of hydrogen-bond donors (Lipinski definition) is 0. The third kappa shape index (κ3) is 3.26. The number of hydrogen-bond acceptors (Lipinski definition) is 6. The lowest BCUT2D eigenvalue weighted by atomic mass is 10.2. The van der Waals surface area contributed by atoms with Crippen LogP contribution in [0.2, 0.25) is 0 Å². The van der Waals surface area contributed by atoms with Crippen LogP contribution >= 0.6 is 0 Å². The topological polar surface area (TPSA) is 96.7 Å². The van der Waals surface area contributed by atoms with Crippen molar-refractivity contribution in [2.24, 2.45) is 0 Å². The summed E-state index contributed by atoms with van der Waals surface area (Å²) in [4.78, 5) is 36.9. The van der Waals surface area contributed by atoms with Crippen molar-refractivity contribution in [3.63, 3.8) is 0 Å². The molecule has 0 aliphatic carbocycles.